The van der Waals surface area contributed by atoms with Crippen LogP contribution in [0.4, 0.5) is 5.69 Å². The van der Waals surface area contributed by atoms with E-state index in [0.717, 1.165) is 18.4 Å². The van der Waals surface area contributed by atoms with Crippen LogP contribution in [0.15, 0.2) is 82.1 Å². The van der Waals surface area contributed by atoms with E-state index in [4.69, 9.17) is 9.15 Å². The molecule has 4 aromatic rings. The number of rotatable bonds is 8. The van der Waals surface area contributed by atoms with Gasteiger partial charge in [-0.05, 0) is 54.4 Å². The molecule has 0 fully saturated rings. The van der Waals surface area contributed by atoms with Crippen molar-refractivity contribution in [2.24, 2.45) is 0 Å². The third kappa shape index (κ3) is 4.65. The van der Waals surface area contributed by atoms with Crippen LogP contribution in [0.5, 0.6) is 5.75 Å². The number of aromatic nitrogens is 2. The summed E-state index contributed by atoms with van der Waals surface area (Å²) in [5.74, 6) is 1.18. The lowest BCUT2D eigenvalue weighted by molar-refractivity contribution is 0.415. The van der Waals surface area contributed by atoms with Crippen LogP contribution in [-0.4, -0.2) is 25.7 Å². The van der Waals surface area contributed by atoms with E-state index >= 15 is 0 Å². The minimum Gasteiger partial charge on any atom is -0.497 e. The molecule has 0 spiro atoms. The molecule has 0 atom stereocenters. The maximum atomic E-state index is 13.0. The highest BCUT2D eigenvalue weighted by atomic mass is 32.2. The van der Waals surface area contributed by atoms with Crippen LogP contribution in [0.2, 0.25) is 0 Å². The van der Waals surface area contributed by atoms with E-state index in [1.807, 2.05) is 30.3 Å². The number of nitrogens with one attached hydrogen (secondary N) is 1. The van der Waals surface area contributed by atoms with E-state index in [9.17, 15) is 8.42 Å². The molecule has 32 heavy (non-hydrogen) atoms. The third-order valence-electron chi connectivity index (χ3n) is 4.92. The Labute approximate surface area is 187 Å². The van der Waals surface area contributed by atoms with Crippen LogP contribution in [0.1, 0.15) is 18.9 Å². The normalized spacial score (nSPS) is 11.3. The quantitative estimate of drug-likeness (QED) is 0.399. The Kier molecular flexibility index (Phi) is 6.23. The topological polar surface area (TPSA) is 94.3 Å². The Hall–Kier alpha value is -3.65. The molecule has 0 aliphatic rings. The Balaban J connectivity index is 1.63. The molecular weight excluding hydrogens is 426 g/mol. The molecule has 0 saturated heterocycles. The number of methoxy groups -OCH3 is 1. The van der Waals surface area contributed by atoms with Gasteiger partial charge in [-0.3, -0.25) is 4.72 Å². The second-order valence-corrected chi connectivity index (χ2v) is 8.87. The maximum absolute atomic E-state index is 13.0. The van der Waals surface area contributed by atoms with Crippen LogP contribution in [-0.2, 0) is 16.4 Å². The van der Waals surface area contributed by atoms with Crippen molar-refractivity contribution in [1.82, 2.24) is 10.2 Å². The number of anilines is 1. The number of nitrogens with zero attached hydrogens (tertiary/aromatic N) is 2. The fourth-order valence-corrected chi connectivity index (χ4v) is 4.37. The highest BCUT2D eigenvalue weighted by Gasteiger charge is 2.19. The zero-order chi connectivity index (χ0) is 22.6. The Morgan fingerprint density at radius 2 is 1.69 bits per heavy atom. The largest absolute Gasteiger partial charge is 0.497 e. The van der Waals surface area contributed by atoms with E-state index in [1.165, 1.54) is 0 Å². The lowest BCUT2D eigenvalue weighted by Crippen LogP contribution is -2.13. The zero-order valence-corrected chi connectivity index (χ0v) is 18.6. The third-order valence-corrected chi connectivity index (χ3v) is 6.30. The Morgan fingerprint density at radius 1 is 0.938 bits per heavy atom. The van der Waals surface area contributed by atoms with Crippen molar-refractivity contribution < 1.29 is 17.6 Å². The summed E-state index contributed by atoms with van der Waals surface area (Å²) in [5.41, 5.74) is 2.64. The summed E-state index contributed by atoms with van der Waals surface area (Å²) < 4.78 is 39.6. The van der Waals surface area contributed by atoms with E-state index in [0.29, 0.717) is 28.5 Å². The van der Waals surface area contributed by atoms with Crippen LogP contribution in [0.25, 0.3) is 22.9 Å². The summed E-state index contributed by atoms with van der Waals surface area (Å²) in [6.45, 7) is 2.08. The molecular formula is C24H23N3O4S. The SMILES string of the molecule is CCCc1ccc(S(=O)(=O)Nc2ccccc2-c2nnc(-c3cccc(OC)c3)o2)cc1. The molecule has 164 valence electrons. The fraction of sp³-hybridized carbons (Fsp3) is 0.167. The molecule has 0 bridgehead atoms. The molecule has 0 aliphatic carbocycles. The van der Waals surface area contributed by atoms with Gasteiger partial charge in [0.1, 0.15) is 5.75 Å². The summed E-state index contributed by atoms with van der Waals surface area (Å²) in [6.07, 6.45) is 1.91. The monoisotopic (exact) mass is 449 g/mol. The first-order chi connectivity index (χ1) is 15.5. The van der Waals surface area contributed by atoms with Crippen molar-refractivity contribution in [1.29, 1.82) is 0 Å². The van der Waals surface area contributed by atoms with Gasteiger partial charge in [-0.2, -0.15) is 0 Å². The van der Waals surface area contributed by atoms with E-state index in [-0.39, 0.29) is 10.8 Å². The average Bonchev–Trinajstić information content (AvgIpc) is 3.30. The van der Waals surface area contributed by atoms with Crippen molar-refractivity contribution in [2.45, 2.75) is 24.7 Å². The number of benzene rings is 3. The number of sulfonamides is 1. The first kappa shape index (κ1) is 21.6. The summed E-state index contributed by atoms with van der Waals surface area (Å²) in [7, 11) is -2.20. The lowest BCUT2D eigenvalue weighted by atomic mass is 10.1. The maximum Gasteiger partial charge on any atom is 0.261 e. The molecule has 0 aliphatic heterocycles. The summed E-state index contributed by atoms with van der Waals surface area (Å²) >= 11 is 0. The van der Waals surface area contributed by atoms with Crippen LogP contribution in [0.3, 0.4) is 0 Å². The molecule has 7 nitrogen and oxygen atoms in total. The van der Waals surface area contributed by atoms with Crippen molar-refractivity contribution >= 4 is 15.7 Å². The summed E-state index contributed by atoms with van der Waals surface area (Å²) in [4.78, 5) is 0.190. The van der Waals surface area contributed by atoms with Gasteiger partial charge in [0.05, 0.1) is 23.3 Å². The number of hydrogen-bond acceptors (Lipinski definition) is 6. The highest BCUT2D eigenvalue weighted by molar-refractivity contribution is 7.92. The fourth-order valence-electron chi connectivity index (χ4n) is 3.29. The van der Waals surface area contributed by atoms with Crippen LogP contribution in [0, 0.1) is 0 Å². The Morgan fingerprint density at radius 3 is 2.44 bits per heavy atom. The standard InChI is InChI=1S/C24H23N3O4S/c1-3-7-17-12-14-20(15-13-17)32(28,29)27-22-11-5-4-10-21(22)24-26-25-23(31-24)18-8-6-9-19(16-18)30-2/h4-6,8-16,27H,3,7H2,1-2H3. The van der Waals surface area contributed by atoms with Crippen molar-refractivity contribution in [3.63, 3.8) is 0 Å². The lowest BCUT2D eigenvalue weighted by Gasteiger charge is -2.11. The minimum atomic E-state index is -3.79. The van der Waals surface area contributed by atoms with E-state index in [2.05, 4.69) is 21.8 Å². The zero-order valence-electron chi connectivity index (χ0n) is 17.8. The number of para-hydroxylation sites is 1. The number of aryl methyl sites for hydroxylation is 1. The first-order valence-electron chi connectivity index (χ1n) is 10.2. The van der Waals surface area contributed by atoms with Crippen molar-refractivity contribution in [3.05, 3.63) is 78.4 Å². The molecule has 1 N–H and O–H groups in total. The van der Waals surface area contributed by atoms with Crippen LogP contribution >= 0.6 is 0 Å². The first-order valence-corrected chi connectivity index (χ1v) is 11.7. The van der Waals surface area contributed by atoms with Gasteiger partial charge in [0, 0.05) is 5.56 Å². The van der Waals surface area contributed by atoms with Crippen molar-refractivity contribution in [2.75, 3.05) is 11.8 Å². The molecule has 4 rings (SSSR count). The van der Waals surface area contributed by atoms with Gasteiger partial charge in [0.15, 0.2) is 0 Å². The molecule has 0 saturated carbocycles. The molecule has 1 heterocycles. The van der Waals surface area contributed by atoms with Gasteiger partial charge in [-0.25, -0.2) is 8.42 Å². The van der Waals surface area contributed by atoms with E-state index in [1.54, 1.807) is 49.6 Å². The van der Waals surface area contributed by atoms with Gasteiger partial charge in [-0.1, -0.05) is 43.7 Å². The highest BCUT2D eigenvalue weighted by Crippen LogP contribution is 2.31. The second kappa shape index (κ2) is 9.23. The molecule has 0 amide bonds. The number of hydrogen-bond donors (Lipinski definition) is 1. The molecule has 0 unspecified atom stereocenters. The molecule has 1 aromatic heterocycles. The van der Waals surface area contributed by atoms with Crippen LogP contribution < -0.4 is 9.46 Å². The van der Waals surface area contributed by atoms with Gasteiger partial charge in [0.2, 0.25) is 11.8 Å². The number of ether oxygens (including phenoxy) is 1. The van der Waals surface area contributed by atoms with Gasteiger partial charge in [-0.15, -0.1) is 10.2 Å². The summed E-state index contributed by atoms with van der Waals surface area (Å²) in [5, 5.41) is 8.23. The smallest absolute Gasteiger partial charge is 0.261 e. The molecule has 8 heteroatoms. The van der Waals surface area contributed by atoms with Gasteiger partial charge >= 0.3 is 0 Å². The minimum absolute atomic E-state index is 0.190. The van der Waals surface area contributed by atoms with E-state index < -0.39 is 10.0 Å². The van der Waals surface area contributed by atoms with Crippen molar-refractivity contribution in [3.8, 4) is 28.7 Å². The van der Waals surface area contributed by atoms with Gasteiger partial charge < -0.3 is 9.15 Å². The average molecular weight is 450 g/mol. The predicted octanol–water partition coefficient (Wildman–Crippen LogP) is 5.17. The summed E-state index contributed by atoms with van der Waals surface area (Å²) in [6, 6.07) is 21.1. The van der Waals surface area contributed by atoms with Gasteiger partial charge in [0.25, 0.3) is 10.0 Å². The Bertz CT molecular complexity index is 1320. The molecule has 3 aromatic carbocycles. The second-order valence-electron chi connectivity index (χ2n) is 7.19. The molecule has 0 radical (unpaired) electrons. The predicted molar refractivity (Wildman–Crippen MR) is 123 cm³/mol.